The molecule has 7 nitrogen and oxygen atoms in total. The molecule has 8 heteroatoms. The van der Waals surface area contributed by atoms with Crippen molar-refractivity contribution < 1.29 is 17.9 Å². The van der Waals surface area contributed by atoms with E-state index in [1.165, 1.54) is 43.4 Å². The Kier molecular flexibility index (Phi) is 9.72. The first-order valence-electron chi connectivity index (χ1n) is 11.8. The zero-order valence-electron chi connectivity index (χ0n) is 19.4. The normalized spacial score (nSPS) is 15.1. The summed E-state index contributed by atoms with van der Waals surface area (Å²) in [6.45, 7) is 6.08. The largest absolute Gasteiger partial charge is 0.494 e. The van der Waals surface area contributed by atoms with E-state index in [-0.39, 0.29) is 23.8 Å². The molecule has 0 radical (unpaired) electrons. The molecule has 0 aromatic heterocycles. The van der Waals surface area contributed by atoms with E-state index in [1.807, 2.05) is 19.1 Å². The third-order valence-electron chi connectivity index (χ3n) is 5.68. The van der Waals surface area contributed by atoms with Gasteiger partial charge in [0.2, 0.25) is 15.9 Å². The lowest BCUT2D eigenvalue weighted by Gasteiger charge is -2.20. The number of sulfonamides is 1. The van der Waals surface area contributed by atoms with Gasteiger partial charge in [0.25, 0.3) is 0 Å². The molecule has 1 fully saturated rings. The van der Waals surface area contributed by atoms with Crippen molar-refractivity contribution in [3.63, 3.8) is 0 Å². The van der Waals surface area contributed by atoms with Gasteiger partial charge in [-0.1, -0.05) is 37.1 Å². The number of hydrogen-bond acceptors (Lipinski definition) is 5. The molecule has 0 unspecified atom stereocenters. The standard InChI is InChI=1S/C25H35N3O4S/c1-2-32-23-10-12-24(13-11-23)33(30,31)27-15-14-25(29)26-19-21-8-7-9-22(18-21)20-28-16-5-3-4-6-17-28/h7-13,18,27H,2-6,14-17,19-20H2,1H3,(H,26,29). The van der Waals surface area contributed by atoms with Crippen molar-refractivity contribution in [3.8, 4) is 5.75 Å². The molecular formula is C25H35N3O4S. The van der Waals surface area contributed by atoms with Gasteiger partial charge in [0.1, 0.15) is 5.75 Å². The Labute approximate surface area is 197 Å². The SMILES string of the molecule is CCOc1ccc(S(=O)(=O)NCCC(=O)NCc2cccc(CN3CCCCCC3)c2)cc1. The Morgan fingerprint density at radius 3 is 2.39 bits per heavy atom. The van der Waals surface area contributed by atoms with Crippen molar-refractivity contribution in [2.75, 3.05) is 26.2 Å². The van der Waals surface area contributed by atoms with E-state index in [1.54, 1.807) is 12.1 Å². The van der Waals surface area contributed by atoms with Gasteiger partial charge in [-0.25, -0.2) is 13.1 Å². The van der Waals surface area contributed by atoms with E-state index in [0.29, 0.717) is 18.9 Å². The fourth-order valence-corrected chi connectivity index (χ4v) is 4.98. The minimum absolute atomic E-state index is 0.0381. The predicted octanol–water partition coefficient (Wildman–Crippen LogP) is 3.45. The summed E-state index contributed by atoms with van der Waals surface area (Å²) in [5.41, 5.74) is 2.30. The molecule has 0 spiro atoms. The summed E-state index contributed by atoms with van der Waals surface area (Å²) in [4.78, 5) is 14.9. The Morgan fingerprint density at radius 2 is 1.70 bits per heavy atom. The van der Waals surface area contributed by atoms with Crippen LogP contribution in [0.4, 0.5) is 0 Å². The molecule has 3 rings (SSSR count). The molecular weight excluding hydrogens is 438 g/mol. The molecule has 0 bridgehead atoms. The van der Waals surface area contributed by atoms with Crippen molar-refractivity contribution in [1.82, 2.24) is 14.9 Å². The summed E-state index contributed by atoms with van der Waals surface area (Å²) >= 11 is 0. The second-order valence-electron chi connectivity index (χ2n) is 8.34. The second-order valence-corrected chi connectivity index (χ2v) is 10.1. The first-order valence-corrected chi connectivity index (χ1v) is 13.2. The van der Waals surface area contributed by atoms with Gasteiger partial charge in [-0.05, 0) is 68.2 Å². The number of carbonyl (C=O) groups excluding carboxylic acids is 1. The van der Waals surface area contributed by atoms with E-state index in [2.05, 4.69) is 27.1 Å². The van der Waals surface area contributed by atoms with Crippen molar-refractivity contribution in [3.05, 3.63) is 59.7 Å². The second kappa shape index (κ2) is 12.7. The maximum atomic E-state index is 12.4. The highest BCUT2D eigenvalue weighted by Gasteiger charge is 2.14. The molecule has 0 aliphatic carbocycles. The van der Waals surface area contributed by atoms with Crippen LogP contribution in [0.2, 0.25) is 0 Å². The highest BCUT2D eigenvalue weighted by Crippen LogP contribution is 2.16. The molecule has 33 heavy (non-hydrogen) atoms. The van der Waals surface area contributed by atoms with E-state index < -0.39 is 10.0 Å². The highest BCUT2D eigenvalue weighted by atomic mass is 32.2. The Bertz CT molecular complexity index is 985. The van der Waals surface area contributed by atoms with Crippen molar-refractivity contribution >= 4 is 15.9 Å². The number of nitrogens with zero attached hydrogens (tertiary/aromatic N) is 1. The third kappa shape index (κ3) is 8.46. The maximum Gasteiger partial charge on any atom is 0.240 e. The van der Waals surface area contributed by atoms with Crippen molar-refractivity contribution in [2.45, 2.75) is 57.0 Å². The summed E-state index contributed by atoms with van der Waals surface area (Å²) in [5.74, 6) is 0.425. The lowest BCUT2D eigenvalue weighted by molar-refractivity contribution is -0.121. The fraction of sp³-hybridized carbons (Fsp3) is 0.480. The van der Waals surface area contributed by atoms with Crippen LogP contribution in [0.25, 0.3) is 0 Å². The van der Waals surface area contributed by atoms with Gasteiger partial charge in [0.15, 0.2) is 0 Å². The number of likely N-dealkylation sites (tertiary alicyclic amines) is 1. The van der Waals surface area contributed by atoms with Gasteiger partial charge >= 0.3 is 0 Å². The number of rotatable bonds is 11. The fourth-order valence-electron chi connectivity index (χ4n) is 3.94. The molecule has 2 N–H and O–H groups in total. The lowest BCUT2D eigenvalue weighted by atomic mass is 10.1. The van der Waals surface area contributed by atoms with Gasteiger partial charge in [-0.3, -0.25) is 9.69 Å². The lowest BCUT2D eigenvalue weighted by Crippen LogP contribution is -2.30. The van der Waals surface area contributed by atoms with Crippen LogP contribution in [-0.4, -0.2) is 45.5 Å². The number of amides is 1. The van der Waals surface area contributed by atoms with Gasteiger partial charge in [0.05, 0.1) is 11.5 Å². The van der Waals surface area contributed by atoms with Crippen LogP contribution in [0.3, 0.4) is 0 Å². The van der Waals surface area contributed by atoms with Gasteiger partial charge in [-0.2, -0.15) is 0 Å². The van der Waals surface area contributed by atoms with Gasteiger partial charge < -0.3 is 10.1 Å². The molecule has 1 heterocycles. The first kappa shape index (κ1) is 25.2. The zero-order chi connectivity index (χ0) is 23.5. The molecule has 1 amide bonds. The summed E-state index contributed by atoms with van der Waals surface area (Å²) in [6.07, 6.45) is 5.23. The van der Waals surface area contributed by atoms with Crippen LogP contribution in [0.1, 0.15) is 50.2 Å². The maximum absolute atomic E-state index is 12.4. The molecule has 1 saturated heterocycles. The van der Waals surface area contributed by atoms with Crippen molar-refractivity contribution in [1.29, 1.82) is 0 Å². The van der Waals surface area contributed by atoms with E-state index in [4.69, 9.17) is 4.74 Å². The predicted molar refractivity (Wildman–Crippen MR) is 129 cm³/mol. The average Bonchev–Trinajstić information content (AvgIpc) is 3.07. The Balaban J connectivity index is 1.42. The van der Waals surface area contributed by atoms with Crippen LogP contribution >= 0.6 is 0 Å². The molecule has 1 aliphatic heterocycles. The van der Waals surface area contributed by atoms with Crippen LogP contribution in [0.15, 0.2) is 53.4 Å². The van der Waals surface area contributed by atoms with Gasteiger partial charge in [0, 0.05) is 26.1 Å². The molecule has 0 saturated carbocycles. The molecule has 2 aromatic rings. The summed E-state index contributed by atoms with van der Waals surface area (Å²) in [6, 6.07) is 14.5. The monoisotopic (exact) mass is 473 g/mol. The first-order chi connectivity index (χ1) is 16.0. The molecule has 1 aliphatic rings. The Hall–Kier alpha value is -2.42. The van der Waals surface area contributed by atoms with Crippen molar-refractivity contribution in [2.24, 2.45) is 0 Å². The zero-order valence-corrected chi connectivity index (χ0v) is 20.2. The summed E-state index contributed by atoms with van der Waals surface area (Å²) in [7, 11) is -3.67. The topological polar surface area (TPSA) is 87.7 Å². The number of ether oxygens (including phenoxy) is 1. The average molecular weight is 474 g/mol. The van der Waals surface area contributed by atoms with Crippen LogP contribution in [0, 0.1) is 0 Å². The molecule has 180 valence electrons. The van der Waals surface area contributed by atoms with Crippen LogP contribution in [-0.2, 0) is 27.9 Å². The summed E-state index contributed by atoms with van der Waals surface area (Å²) < 4.78 is 32.6. The molecule has 0 atom stereocenters. The van der Waals surface area contributed by atoms with Crippen LogP contribution in [0.5, 0.6) is 5.75 Å². The number of nitrogens with one attached hydrogen (secondary N) is 2. The van der Waals surface area contributed by atoms with E-state index in [9.17, 15) is 13.2 Å². The quantitative estimate of drug-likeness (QED) is 0.522. The number of benzene rings is 2. The minimum Gasteiger partial charge on any atom is -0.494 e. The number of hydrogen-bond donors (Lipinski definition) is 2. The summed E-state index contributed by atoms with van der Waals surface area (Å²) in [5, 5.41) is 2.88. The smallest absolute Gasteiger partial charge is 0.240 e. The minimum atomic E-state index is -3.67. The van der Waals surface area contributed by atoms with E-state index >= 15 is 0 Å². The van der Waals surface area contributed by atoms with E-state index in [0.717, 1.165) is 25.2 Å². The number of carbonyl (C=O) groups is 1. The van der Waals surface area contributed by atoms with Gasteiger partial charge in [-0.15, -0.1) is 0 Å². The Morgan fingerprint density at radius 1 is 1.00 bits per heavy atom. The molecule has 2 aromatic carbocycles. The van der Waals surface area contributed by atoms with Crippen LogP contribution < -0.4 is 14.8 Å². The third-order valence-corrected chi connectivity index (χ3v) is 7.15. The highest BCUT2D eigenvalue weighted by molar-refractivity contribution is 7.89.